The van der Waals surface area contributed by atoms with Crippen LogP contribution in [-0.4, -0.2) is 87.4 Å². The Labute approximate surface area is 251 Å². The number of H-pyrrole nitrogens is 1. The Morgan fingerprint density at radius 3 is 2.67 bits per heavy atom. The summed E-state index contributed by atoms with van der Waals surface area (Å²) in [7, 11) is 0. The van der Waals surface area contributed by atoms with Crippen molar-refractivity contribution in [3.8, 4) is 0 Å². The fourth-order valence-electron chi connectivity index (χ4n) is 7.18. The van der Waals surface area contributed by atoms with Crippen molar-refractivity contribution in [2.75, 3.05) is 50.8 Å². The molecule has 1 N–H and O–H groups in total. The molecule has 1 amide bonds. The highest BCUT2D eigenvalue weighted by Crippen LogP contribution is 2.31. The summed E-state index contributed by atoms with van der Waals surface area (Å²) in [6.45, 7) is 10.6. The van der Waals surface area contributed by atoms with Crippen LogP contribution in [-0.2, 0) is 11.3 Å². The van der Waals surface area contributed by atoms with Crippen LogP contribution in [0.5, 0.6) is 0 Å². The number of ether oxygens (including phenoxy) is 1. The first-order chi connectivity index (χ1) is 21.0. The van der Waals surface area contributed by atoms with Crippen molar-refractivity contribution in [2.24, 2.45) is 0 Å². The molecule has 1 aromatic carbocycles. The number of nitrogens with zero attached hydrogens (tertiary/aromatic N) is 6. The van der Waals surface area contributed by atoms with Gasteiger partial charge in [0.15, 0.2) is 0 Å². The lowest BCUT2D eigenvalue weighted by Gasteiger charge is -2.40. The second kappa shape index (κ2) is 11.7. The van der Waals surface area contributed by atoms with Crippen molar-refractivity contribution in [3.63, 3.8) is 0 Å². The van der Waals surface area contributed by atoms with Gasteiger partial charge in [-0.25, -0.2) is 4.98 Å². The lowest BCUT2D eigenvalue weighted by Crippen LogP contribution is -2.53. The molecular formula is C33H41N7O3. The third kappa shape index (κ3) is 5.31. The van der Waals surface area contributed by atoms with E-state index in [0.29, 0.717) is 37.3 Å². The summed E-state index contributed by atoms with van der Waals surface area (Å²) in [6, 6.07) is 8.53. The Balaban J connectivity index is 1.13. The standard InChI is InChI=1S/C33H41N7O3/c1-22-17-29-27(30-28(32(41)36-29)19-35-40(30)25-8-15-43-16-9-25)18-26(22)33(42)39-14-13-38(23(2)20-39)21-24-7-6-10-34-31(24)37-11-4-3-5-12-37/h6-7,10,17-19,23,25H,3-5,8-9,11-16,20-21H2,1-2H3,(H,36,41)/t23-/m0/s1. The fourth-order valence-corrected chi connectivity index (χ4v) is 7.18. The van der Waals surface area contributed by atoms with Gasteiger partial charge in [0, 0.05) is 81.2 Å². The summed E-state index contributed by atoms with van der Waals surface area (Å²) in [4.78, 5) is 41.7. The van der Waals surface area contributed by atoms with Crippen LogP contribution >= 0.6 is 0 Å². The number of piperidine rings is 1. The van der Waals surface area contributed by atoms with Gasteiger partial charge in [-0.05, 0) is 69.7 Å². The molecule has 0 spiro atoms. The number of rotatable bonds is 5. The number of carbonyl (C=O) groups is 1. The molecule has 0 saturated carbocycles. The molecule has 1 atom stereocenters. The molecule has 3 aliphatic heterocycles. The van der Waals surface area contributed by atoms with Gasteiger partial charge in [0.2, 0.25) is 0 Å². The van der Waals surface area contributed by atoms with Crippen LogP contribution in [0.2, 0.25) is 0 Å². The van der Waals surface area contributed by atoms with E-state index < -0.39 is 0 Å². The molecule has 0 radical (unpaired) electrons. The number of nitrogens with one attached hydrogen (secondary N) is 1. The number of hydrogen-bond acceptors (Lipinski definition) is 7. The van der Waals surface area contributed by atoms with E-state index in [1.165, 1.54) is 24.8 Å². The smallest absolute Gasteiger partial charge is 0.259 e. The number of aromatic nitrogens is 4. The molecule has 10 heteroatoms. The van der Waals surface area contributed by atoms with E-state index in [1.807, 2.05) is 40.9 Å². The van der Waals surface area contributed by atoms with Crippen LogP contribution in [0.15, 0.2) is 41.5 Å². The molecule has 226 valence electrons. The van der Waals surface area contributed by atoms with Crippen molar-refractivity contribution in [1.29, 1.82) is 0 Å². The summed E-state index contributed by atoms with van der Waals surface area (Å²) in [5, 5.41) is 6.06. The Hall–Kier alpha value is -3.76. The van der Waals surface area contributed by atoms with E-state index in [4.69, 9.17) is 9.72 Å². The number of piperazine rings is 1. The topological polar surface area (TPSA) is 99.6 Å². The second-order valence-electron chi connectivity index (χ2n) is 12.5. The van der Waals surface area contributed by atoms with E-state index in [1.54, 1.807) is 6.20 Å². The summed E-state index contributed by atoms with van der Waals surface area (Å²) < 4.78 is 7.55. The third-order valence-electron chi connectivity index (χ3n) is 9.62. The Kier molecular flexibility index (Phi) is 7.65. The highest BCUT2D eigenvalue weighted by atomic mass is 16.5. The quantitative estimate of drug-likeness (QED) is 0.375. The Morgan fingerprint density at radius 1 is 1.07 bits per heavy atom. The number of carbonyl (C=O) groups excluding carboxylic acids is 1. The summed E-state index contributed by atoms with van der Waals surface area (Å²) in [6.07, 6.45) is 9.00. The van der Waals surface area contributed by atoms with Gasteiger partial charge >= 0.3 is 0 Å². The second-order valence-corrected chi connectivity index (χ2v) is 12.5. The van der Waals surface area contributed by atoms with Gasteiger partial charge in [0.25, 0.3) is 11.5 Å². The predicted octanol–water partition coefficient (Wildman–Crippen LogP) is 4.27. The van der Waals surface area contributed by atoms with Crippen LogP contribution in [0.3, 0.4) is 0 Å². The third-order valence-corrected chi connectivity index (χ3v) is 9.62. The molecule has 0 aliphatic carbocycles. The van der Waals surface area contributed by atoms with Crippen molar-refractivity contribution < 1.29 is 9.53 Å². The Bertz CT molecular complexity index is 1700. The number of pyridine rings is 2. The van der Waals surface area contributed by atoms with Crippen molar-refractivity contribution in [3.05, 3.63) is 63.7 Å². The molecule has 0 unspecified atom stereocenters. The molecule has 7 rings (SSSR count). The minimum Gasteiger partial charge on any atom is -0.381 e. The number of aromatic amines is 1. The van der Waals surface area contributed by atoms with Crippen LogP contribution in [0.25, 0.3) is 21.8 Å². The predicted molar refractivity (Wildman–Crippen MR) is 168 cm³/mol. The van der Waals surface area contributed by atoms with Gasteiger partial charge in [-0.2, -0.15) is 5.10 Å². The number of anilines is 1. The molecule has 3 aromatic heterocycles. The van der Waals surface area contributed by atoms with Crippen molar-refractivity contribution >= 4 is 33.5 Å². The molecular weight excluding hydrogens is 542 g/mol. The summed E-state index contributed by atoms with van der Waals surface area (Å²) in [5.41, 5.74) is 4.20. The molecule has 43 heavy (non-hydrogen) atoms. The van der Waals surface area contributed by atoms with Crippen LogP contribution in [0, 0.1) is 6.92 Å². The fraction of sp³-hybridized carbons (Fsp3) is 0.515. The first kappa shape index (κ1) is 28.0. The molecule has 10 nitrogen and oxygen atoms in total. The normalized spacial score (nSPS) is 20.7. The van der Waals surface area contributed by atoms with Gasteiger partial charge in [-0.15, -0.1) is 0 Å². The molecule has 3 aliphatic rings. The average molecular weight is 584 g/mol. The highest BCUT2D eigenvalue weighted by Gasteiger charge is 2.30. The zero-order valence-electron chi connectivity index (χ0n) is 25.2. The summed E-state index contributed by atoms with van der Waals surface area (Å²) >= 11 is 0. The van der Waals surface area contributed by atoms with Gasteiger partial charge in [-0.1, -0.05) is 6.07 Å². The lowest BCUT2D eigenvalue weighted by atomic mass is 10.0. The number of amides is 1. The van der Waals surface area contributed by atoms with Gasteiger partial charge < -0.3 is 19.5 Å². The molecule has 3 saturated heterocycles. The van der Waals surface area contributed by atoms with E-state index in [2.05, 4.69) is 32.9 Å². The van der Waals surface area contributed by atoms with Crippen molar-refractivity contribution in [2.45, 2.75) is 64.6 Å². The van der Waals surface area contributed by atoms with Gasteiger partial charge in [-0.3, -0.25) is 19.2 Å². The largest absolute Gasteiger partial charge is 0.381 e. The molecule has 4 aromatic rings. The van der Waals surface area contributed by atoms with Crippen LogP contribution in [0.1, 0.15) is 66.6 Å². The molecule has 3 fully saturated rings. The highest BCUT2D eigenvalue weighted by molar-refractivity contribution is 6.07. The first-order valence-electron chi connectivity index (χ1n) is 15.8. The minimum atomic E-state index is -0.152. The van der Waals surface area contributed by atoms with E-state index in [-0.39, 0.29) is 23.6 Å². The monoisotopic (exact) mass is 583 g/mol. The van der Waals surface area contributed by atoms with E-state index in [9.17, 15) is 9.59 Å². The van der Waals surface area contributed by atoms with E-state index >= 15 is 0 Å². The van der Waals surface area contributed by atoms with Gasteiger partial charge in [0.05, 0.1) is 28.7 Å². The van der Waals surface area contributed by atoms with Crippen LogP contribution in [0.4, 0.5) is 5.82 Å². The molecule has 6 heterocycles. The number of hydrogen-bond donors (Lipinski definition) is 1. The number of fused-ring (bicyclic) bond motifs is 3. The Morgan fingerprint density at radius 2 is 1.88 bits per heavy atom. The summed E-state index contributed by atoms with van der Waals surface area (Å²) in [5.74, 6) is 1.15. The first-order valence-corrected chi connectivity index (χ1v) is 15.8. The van der Waals surface area contributed by atoms with Crippen LogP contribution < -0.4 is 10.5 Å². The lowest BCUT2D eigenvalue weighted by molar-refractivity contribution is 0.0495. The van der Waals surface area contributed by atoms with E-state index in [0.717, 1.165) is 66.8 Å². The SMILES string of the molecule is Cc1cc2[nH]c(=O)c3cnn(C4CCOCC4)c3c2cc1C(=O)N1CCN(Cc2cccnc2N2CCCCC2)[C@@H](C)C1. The maximum Gasteiger partial charge on any atom is 0.259 e. The number of benzene rings is 1. The maximum absolute atomic E-state index is 14.0. The zero-order valence-corrected chi connectivity index (χ0v) is 25.2. The number of aryl methyl sites for hydroxylation is 1. The maximum atomic E-state index is 14.0. The molecule has 0 bridgehead atoms. The zero-order chi connectivity index (χ0) is 29.5. The van der Waals surface area contributed by atoms with Crippen molar-refractivity contribution in [1.82, 2.24) is 29.5 Å². The van der Waals surface area contributed by atoms with Gasteiger partial charge in [0.1, 0.15) is 5.82 Å². The average Bonchev–Trinajstić information content (AvgIpc) is 3.49. The minimum absolute atomic E-state index is 0.0396.